The summed E-state index contributed by atoms with van der Waals surface area (Å²) in [5, 5.41) is 9.58. The number of aryl methyl sites for hydroxylation is 1. The molecule has 0 aliphatic heterocycles. The maximum atomic E-state index is 9.58. The van der Waals surface area contributed by atoms with Crippen LogP contribution in [0.2, 0.25) is 0 Å². The zero-order chi connectivity index (χ0) is 7.90. The van der Waals surface area contributed by atoms with Crippen LogP contribution in [0.3, 0.4) is 0 Å². The molecule has 1 N–H and O–H groups in total. The minimum Gasteiger partial charge on any atom is -0.388 e. The van der Waals surface area contributed by atoms with E-state index in [2.05, 4.69) is 4.98 Å². The maximum absolute atomic E-state index is 9.58. The van der Waals surface area contributed by atoms with Crippen molar-refractivity contribution in [3.05, 3.63) is 18.2 Å². The van der Waals surface area contributed by atoms with E-state index in [9.17, 15) is 5.11 Å². The van der Waals surface area contributed by atoms with Crippen molar-refractivity contribution in [1.82, 2.24) is 9.55 Å². The molecule has 1 saturated carbocycles. The molecule has 2 rings (SSSR count). The second kappa shape index (κ2) is 2.08. The molecule has 1 heterocycles. The first-order chi connectivity index (χ1) is 5.20. The number of nitrogens with zero attached hydrogens (tertiary/aromatic N) is 2. The van der Waals surface area contributed by atoms with Gasteiger partial charge in [0.25, 0.3) is 0 Å². The molecule has 1 aromatic heterocycles. The molecule has 3 heteroatoms. The van der Waals surface area contributed by atoms with E-state index in [4.69, 9.17) is 0 Å². The van der Waals surface area contributed by atoms with Gasteiger partial charge in [0.15, 0.2) is 0 Å². The first-order valence-corrected chi connectivity index (χ1v) is 3.90. The molecule has 3 nitrogen and oxygen atoms in total. The van der Waals surface area contributed by atoms with Gasteiger partial charge < -0.3 is 9.67 Å². The Balaban J connectivity index is 2.12. The molecule has 0 saturated heterocycles. The van der Waals surface area contributed by atoms with Gasteiger partial charge in [-0.2, -0.15) is 0 Å². The third kappa shape index (κ3) is 1.28. The number of imidazole rings is 1. The van der Waals surface area contributed by atoms with E-state index in [1.165, 1.54) is 0 Å². The number of aliphatic hydroxyl groups is 1. The third-order valence-electron chi connectivity index (χ3n) is 2.22. The van der Waals surface area contributed by atoms with Gasteiger partial charge in [0.05, 0.1) is 12.1 Å². The molecule has 0 spiro atoms. The van der Waals surface area contributed by atoms with Crippen molar-refractivity contribution in [2.45, 2.75) is 31.9 Å². The summed E-state index contributed by atoms with van der Waals surface area (Å²) in [6.45, 7) is 2.66. The second-order valence-electron chi connectivity index (χ2n) is 3.33. The molecule has 1 aromatic rings. The van der Waals surface area contributed by atoms with Crippen molar-refractivity contribution < 1.29 is 5.11 Å². The summed E-state index contributed by atoms with van der Waals surface area (Å²) in [6, 6.07) is 0. The maximum Gasteiger partial charge on any atom is 0.105 e. The van der Waals surface area contributed by atoms with Crippen LogP contribution in [0.15, 0.2) is 12.4 Å². The Morgan fingerprint density at radius 3 is 2.91 bits per heavy atom. The second-order valence-corrected chi connectivity index (χ2v) is 3.33. The Bertz CT molecular complexity index is 263. The van der Waals surface area contributed by atoms with Gasteiger partial charge in [0.1, 0.15) is 5.82 Å². The molecule has 1 aliphatic carbocycles. The molecule has 0 bridgehead atoms. The molecular weight excluding hydrogens is 140 g/mol. The molecule has 1 fully saturated rings. The minimum absolute atomic E-state index is 0.411. The van der Waals surface area contributed by atoms with Gasteiger partial charge in [0, 0.05) is 12.4 Å². The Morgan fingerprint density at radius 2 is 2.45 bits per heavy atom. The highest BCUT2D eigenvalue weighted by molar-refractivity contribution is 4.98. The van der Waals surface area contributed by atoms with Gasteiger partial charge >= 0.3 is 0 Å². The lowest BCUT2D eigenvalue weighted by Crippen LogP contribution is -2.17. The Kier molecular flexibility index (Phi) is 1.29. The molecule has 60 valence electrons. The largest absolute Gasteiger partial charge is 0.388 e. The van der Waals surface area contributed by atoms with Crippen molar-refractivity contribution in [3.8, 4) is 0 Å². The van der Waals surface area contributed by atoms with Crippen molar-refractivity contribution in [3.63, 3.8) is 0 Å². The quantitative estimate of drug-likeness (QED) is 0.678. The van der Waals surface area contributed by atoms with Crippen LogP contribution in [0, 0.1) is 6.92 Å². The fourth-order valence-electron chi connectivity index (χ4n) is 1.19. The van der Waals surface area contributed by atoms with E-state index < -0.39 is 5.60 Å². The fourth-order valence-corrected chi connectivity index (χ4v) is 1.19. The van der Waals surface area contributed by atoms with Crippen LogP contribution < -0.4 is 0 Å². The topological polar surface area (TPSA) is 38.0 Å². The molecule has 0 unspecified atom stereocenters. The van der Waals surface area contributed by atoms with Crippen molar-refractivity contribution in [2.75, 3.05) is 0 Å². The smallest absolute Gasteiger partial charge is 0.105 e. The normalized spacial score (nSPS) is 20.2. The summed E-state index contributed by atoms with van der Waals surface area (Å²) < 4.78 is 1.99. The van der Waals surface area contributed by atoms with Gasteiger partial charge in [-0.3, -0.25) is 0 Å². The Labute approximate surface area is 65.7 Å². The van der Waals surface area contributed by atoms with Gasteiger partial charge in [-0.1, -0.05) is 0 Å². The Hall–Kier alpha value is -0.830. The van der Waals surface area contributed by atoms with Crippen LogP contribution in [0.4, 0.5) is 0 Å². The average Bonchev–Trinajstić information content (AvgIpc) is 2.54. The molecule has 0 radical (unpaired) electrons. The van der Waals surface area contributed by atoms with Crippen LogP contribution in [0.5, 0.6) is 0 Å². The first kappa shape index (κ1) is 6.85. The predicted octanol–water partition coefficient (Wildman–Crippen LogP) is 0.716. The standard InChI is InChI=1S/C8H12N2O/c1-7-9-4-5-10(7)6-8(11)2-3-8/h4-5,11H,2-3,6H2,1H3. The van der Waals surface area contributed by atoms with E-state index in [0.717, 1.165) is 18.7 Å². The van der Waals surface area contributed by atoms with Crippen molar-refractivity contribution in [2.24, 2.45) is 0 Å². The number of hydrogen-bond acceptors (Lipinski definition) is 2. The third-order valence-corrected chi connectivity index (χ3v) is 2.22. The van der Waals surface area contributed by atoms with Crippen LogP contribution >= 0.6 is 0 Å². The molecule has 11 heavy (non-hydrogen) atoms. The number of rotatable bonds is 2. The van der Waals surface area contributed by atoms with Crippen LogP contribution in [-0.2, 0) is 6.54 Å². The molecular formula is C8H12N2O. The highest BCUT2D eigenvalue weighted by Gasteiger charge is 2.40. The Morgan fingerprint density at radius 1 is 1.73 bits per heavy atom. The lowest BCUT2D eigenvalue weighted by atomic mass is 10.3. The van der Waals surface area contributed by atoms with Gasteiger partial charge in [-0.15, -0.1) is 0 Å². The summed E-state index contributed by atoms with van der Waals surface area (Å²) in [7, 11) is 0. The molecule has 0 amide bonds. The average molecular weight is 152 g/mol. The minimum atomic E-state index is -0.411. The zero-order valence-corrected chi connectivity index (χ0v) is 6.62. The van der Waals surface area contributed by atoms with Crippen LogP contribution in [0.25, 0.3) is 0 Å². The van der Waals surface area contributed by atoms with E-state index in [1.54, 1.807) is 6.20 Å². The lowest BCUT2D eigenvalue weighted by Gasteiger charge is -2.09. The number of aromatic nitrogens is 2. The van der Waals surface area contributed by atoms with Crippen molar-refractivity contribution >= 4 is 0 Å². The summed E-state index contributed by atoms with van der Waals surface area (Å²) in [5.74, 6) is 0.977. The predicted molar refractivity (Wildman–Crippen MR) is 41.1 cm³/mol. The monoisotopic (exact) mass is 152 g/mol. The van der Waals surface area contributed by atoms with E-state index in [0.29, 0.717) is 6.54 Å². The van der Waals surface area contributed by atoms with E-state index in [1.807, 2.05) is 17.7 Å². The highest BCUT2D eigenvalue weighted by Crippen LogP contribution is 2.36. The molecule has 0 atom stereocenters. The van der Waals surface area contributed by atoms with E-state index >= 15 is 0 Å². The molecule has 0 aromatic carbocycles. The van der Waals surface area contributed by atoms with E-state index in [-0.39, 0.29) is 0 Å². The fraction of sp³-hybridized carbons (Fsp3) is 0.625. The van der Waals surface area contributed by atoms with Crippen LogP contribution in [-0.4, -0.2) is 20.3 Å². The summed E-state index contributed by atoms with van der Waals surface area (Å²) in [6.07, 6.45) is 5.54. The van der Waals surface area contributed by atoms with Gasteiger partial charge in [0.2, 0.25) is 0 Å². The van der Waals surface area contributed by atoms with Crippen LogP contribution in [0.1, 0.15) is 18.7 Å². The number of hydrogen-bond donors (Lipinski definition) is 1. The highest BCUT2D eigenvalue weighted by atomic mass is 16.3. The molecule has 1 aliphatic rings. The van der Waals surface area contributed by atoms with Crippen molar-refractivity contribution in [1.29, 1.82) is 0 Å². The summed E-state index contributed by atoms with van der Waals surface area (Å²) in [4.78, 5) is 4.08. The summed E-state index contributed by atoms with van der Waals surface area (Å²) in [5.41, 5.74) is -0.411. The van der Waals surface area contributed by atoms with Gasteiger partial charge in [-0.25, -0.2) is 4.98 Å². The first-order valence-electron chi connectivity index (χ1n) is 3.90. The summed E-state index contributed by atoms with van der Waals surface area (Å²) >= 11 is 0. The zero-order valence-electron chi connectivity index (χ0n) is 6.62. The lowest BCUT2D eigenvalue weighted by molar-refractivity contribution is 0.128. The SMILES string of the molecule is Cc1nccn1CC1(O)CC1. The van der Waals surface area contributed by atoms with Gasteiger partial charge in [-0.05, 0) is 19.8 Å².